The van der Waals surface area contributed by atoms with Crippen molar-refractivity contribution in [3.05, 3.63) is 41.8 Å². The van der Waals surface area contributed by atoms with Gasteiger partial charge in [-0.15, -0.1) is 0 Å². The molecule has 1 aromatic heterocycles. The van der Waals surface area contributed by atoms with Gasteiger partial charge >= 0.3 is 0 Å². The molecule has 1 fully saturated rings. The third kappa shape index (κ3) is 4.66. The highest BCUT2D eigenvalue weighted by Crippen LogP contribution is 2.36. The van der Waals surface area contributed by atoms with E-state index in [9.17, 15) is 9.18 Å². The van der Waals surface area contributed by atoms with Gasteiger partial charge in [-0.05, 0) is 56.9 Å². The monoisotopic (exact) mass is 416 g/mol. The molecular weight excluding hydrogens is 383 g/mol. The molecule has 1 atom stereocenters. The molecule has 0 bridgehead atoms. The lowest BCUT2D eigenvalue weighted by molar-refractivity contribution is -0.117. The van der Waals surface area contributed by atoms with Crippen molar-refractivity contribution in [1.29, 1.82) is 0 Å². The smallest absolute Gasteiger partial charge is 0.246 e. The molecule has 0 radical (unpaired) electrons. The highest BCUT2D eigenvalue weighted by molar-refractivity contribution is 6.04. The Bertz CT molecular complexity index is 882. The second kappa shape index (κ2) is 9.32. The van der Waals surface area contributed by atoms with Crippen LogP contribution in [0.2, 0.25) is 0 Å². The summed E-state index contributed by atoms with van der Waals surface area (Å²) in [5.74, 6) is 1.73. The molecule has 2 aromatic rings. The number of anilines is 3. The van der Waals surface area contributed by atoms with Crippen LogP contribution in [0.3, 0.4) is 0 Å². The first-order chi connectivity index (χ1) is 13.4. The molecule has 0 spiro atoms. The summed E-state index contributed by atoms with van der Waals surface area (Å²) >= 11 is 0. The Morgan fingerprint density at radius 3 is 2.60 bits per heavy atom. The van der Waals surface area contributed by atoms with E-state index in [4.69, 9.17) is 4.74 Å². The molecule has 164 valence electrons. The number of ether oxygens (including phenoxy) is 1. The minimum Gasteiger partial charge on any atom is -0.493 e. The zero-order valence-corrected chi connectivity index (χ0v) is 16.3. The molecule has 1 aromatic carbocycles. The van der Waals surface area contributed by atoms with Crippen molar-refractivity contribution in [3.8, 4) is 5.75 Å². The van der Waals surface area contributed by atoms with Gasteiger partial charge in [-0.1, -0.05) is 14.9 Å². The van der Waals surface area contributed by atoms with Crippen LogP contribution < -0.4 is 20.3 Å². The molecule has 1 aliphatic carbocycles. The predicted octanol–water partition coefficient (Wildman–Crippen LogP) is 4.85. The Hall–Kier alpha value is -2.83. The first-order valence-corrected chi connectivity index (χ1v) is 9.61. The zero-order chi connectivity index (χ0) is 19.8. The highest BCUT2D eigenvalue weighted by Gasteiger charge is 2.32. The summed E-state index contributed by atoms with van der Waals surface area (Å²) in [6, 6.07) is 8.27. The average Bonchev–Trinajstić information content (AvgIpc) is 2.64. The number of benzene rings is 1. The number of aromatic nitrogens is 1. The second-order valence-corrected chi connectivity index (χ2v) is 7.71. The summed E-state index contributed by atoms with van der Waals surface area (Å²) in [5.41, 5.74) is 2.58. The molecule has 2 aliphatic rings. The number of hydrogen-bond donors (Lipinski definition) is 2. The zero-order valence-electron chi connectivity index (χ0n) is 16.3. The van der Waals surface area contributed by atoms with Gasteiger partial charge in [-0.25, -0.2) is 9.37 Å². The average molecular weight is 417 g/mol. The number of aryl methyl sites for hydroxylation is 1. The van der Waals surface area contributed by atoms with E-state index in [0.29, 0.717) is 24.3 Å². The fourth-order valence-corrected chi connectivity index (χ4v) is 3.72. The number of pyridine rings is 1. The van der Waals surface area contributed by atoms with Crippen molar-refractivity contribution < 1.29 is 13.9 Å². The third-order valence-corrected chi connectivity index (χ3v) is 5.66. The Labute approximate surface area is 178 Å². The summed E-state index contributed by atoms with van der Waals surface area (Å²) in [5, 5.41) is 6.44. The van der Waals surface area contributed by atoms with Crippen LogP contribution in [0.5, 0.6) is 5.75 Å². The van der Waals surface area contributed by atoms with E-state index in [0.717, 1.165) is 35.7 Å². The number of likely N-dealkylation sites (N-methyl/N-ethyl adjacent to an activating group) is 1. The van der Waals surface area contributed by atoms with Gasteiger partial charge in [0, 0.05) is 19.2 Å². The first-order valence-electron chi connectivity index (χ1n) is 9.61. The fourth-order valence-electron chi connectivity index (χ4n) is 3.72. The third-order valence-electron chi connectivity index (χ3n) is 5.66. The summed E-state index contributed by atoms with van der Waals surface area (Å²) in [7, 11) is 1.93. The number of carbonyl (C=O) groups is 1. The Balaban J connectivity index is 0.00000160. The first kappa shape index (κ1) is 23.4. The van der Waals surface area contributed by atoms with Gasteiger partial charge in [0.2, 0.25) is 5.91 Å². The van der Waals surface area contributed by atoms with Crippen molar-refractivity contribution >= 4 is 23.1 Å². The molecule has 6 nitrogen and oxygen atoms in total. The van der Waals surface area contributed by atoms with Gasteiger partial charge in [-0.2, -0.15) is 0 Å². The van der Waals surface area contributed by atoms with Gasteiger partial charge in [-0.3, -0.25) is 4.79 Å². The molecule has 4 rings (SSSR count). The maximum Gasteiger partial charge on any atom is 0.246 e. The Kier molecular flexibility index (Phi) is 7.29. The minimum absolute atomic E-state index is 0. The van der Waals surface area contributed by atoms with Crippen molar-refractivity contribution in [2.45, 2.75) is 53.6 Å². The van der Waals surface area contributed by atoms with E-state index in [1.54, 1.807) is 12.1 Å². The quantitative estimate of drug-likeness (QED) is 0.730. The van der Waals surface area contributed by atoms with E-state index in [-0.39, 0.29) is 32.6 Å². The van der Waals surface area contributed by atoms with Crippen molar-refractivity contribution in [2.75, 3.05) is 29.2 Å². The van der Waals surface area contributed by atoms with Crippen molar-refractivity contribution in [1.82, 2.24) is 4.98 Å². The van der Waals surface area contributed by atoms with Crippen LogP contribution >= 0.6 is 0 Å². The van der Waals surface area contributed by atoms with E-state index in [1.165, 1.54) is 12.1 Å². The number of nitrogens with one attached hydrogen (secondary N) is 2. The molecule has 1 amide bonds. The minimum atomic E-state index is -0.257. The maximum absolute atomic E-state index is 12.9. The largest absolute Gasteiger partial charge is 0.493 e. The van der Waals surface area contributed by atoms with Crippen LogP contribution in [-0.4, -0.2) is 36.6 Å². The van der Waals surface area contributed by atoms with E-state index < -0.39 is 0 Å². The standard InChI is InChI=1S/C21H25FN4O2.2CH4/c1-12-20-18(26(3)13(2)21(27)25-20)10-19(23-12)24-16-8-14(9-16)11-28-17-6-4-15(22)5-7-17;;/h4-7,10,13-14,16H,8-9,11H2,1-3H3,(H,23,24)(H,25,27);2*1H4. The molecule has 0 saturated heterocycles. The van der Waals surface area contributed by atoms with Gasteiger partial charge < -0.3 is 20.3 Å². The summed E-state index contributed by atoms with van der Waals surface area (Å²) in [6.07, 6.45) is 2.00. The normalized spacial score (nSPS) is 21.9. The summed E-state index contributed by atoms with van der Waals surface area (Å²) in [4.78, 5) is 18.6. The van der Waals surface area contributed by atoms with Crippen LogP contribution in [0.15, 0.2) is 30.3 Å². The lowest BCUT2D eigenvalue weighted by atomic mass is 9.81. The van der Waals surface area contributed by atoms with Crippen LogP contribution in [0, 0.1) is 18.7 Å². The van der Waals surface area contributed by atoms with Crippen molar-refractivity contribution in [2.24, 2.45) is 5.92 Å². The van der Waals surface area contributed by atoms with E-state index in [1.807, 2.05) is 31.9 Å². The Morgan fingerprint density at radius 2 is 1.93 bits per heavy atom. The summed E-state index contributed by atoms with van der Waals surface area (Å²) < 4.78 is 18.7. The topological polar surface area (TPSA) is 66.5 Å². The molecule has 30 heavy (non-hydrogen) atoms. The summed E-state index contributed by atoms with van der Waals surface area (Å²) in [6.45, 7) is 4.43. The van der Waals surface area contributed by atoms with Gasteiger partial charge in [0.05, 0.1) is 23.7 Å². The molecule has 1 unspecified atom stereocenters. The number of rotatable bonds is 5. The van der Waals surface area contributed by atoms with E-state index in [2.05, 4.69) is 15.6 Å². The lowest BCUT2D eigenvalue weighted by Crippen LogP contribution is -2.44. The van der Waals surface area contributed by atoms with Crippen molar-refractivity contribution in [3.63, 3.8) is 0 Å². The molecule has 1 saturated carbocycles. The number of nitrogens with zero attached hydrogens (tertiary/aromatic N) is 2. The highest BCUT2D eigenvalue weighted by atomic mass is 19.1. The number of hydrogen-bond acceptors (Lipinski definition) is 5. The fraction of sp³-hybridized carbons (Fsp3) is 0.478. The van der Waals surface area contributed by atoms with Gasteiger partial charge in [0.25, 0.3) is 0 Å². The number of carbonyl (C=O) groups excluding carboxylic acids is 1. The SMILES string of the molecule is C.C.Cc1nc(NC2CC(COc3ccc(F)cc3)C2)cc2c1NC(=O)C(C)N2C. The lowest BCUT2D eigenvalue weighted by Gasteiger charge is -2.37. The Morgan fingerprint density at radius 1 is 1.27 bits per heavy atom. The molecule has 1 aliphatic heterocycles. The van der Waals surface area contributed by atoms with Crippen LogP contribution in [0.25, 0.3) is 0 Å². The molecule has 2 N–H and O–H groups in total. The molecular formula is C23H33FN4O2. The molecule has 7 heteroatoms. The van der Waals surface area contributed by atoms with Crippen LogP contribution in [0.1, 0.15) is 40.3 Å². The van der Waals surface area contributed by atoms with Crippen LogP contribution in [0.4, 0.5) is 21.6 Å². The number of fused-ring (bicyclic) bond motifs is 1. The van der Waals surface area contributed by atoms with E-state index >= 15 is 0 Å². The number of amides is 1. The van der Waals surface area contributed by atoms with Gasteiger partial charge in [0.1, 0.15) is 23.4 Å². The predicted molar refractivity (Wildman–Crippen MR) is 121 cm³/mol. The maximum atomic E-state index is 12.9. The van der Waals surface area contributed by atoms with Crippen LogP contribution in [-0.2, 0) is 4.79 Å². The second-order valence-electron chi connectivity index (χ2n) is 7.71. The molecule has 2 heterocycles. The van der Waals surface area contributed by atoms with Gasteiger partial charge in [0.15, 0.2) is 0 Å². The number of halogens is 1.